The van der Waals surface area contributed by atoms with Crippen LogP contribution in [0.4, 0.5) is 5.69 Å². The third kappa shape index (κ3) is 3.34. The molecule has 0 radical (unpaired) electrons. The van der Waals surface area contributed by atoms with E-state index in [9.17, 15) is 14.4 Å². The predicted octanol–water partition coefficient (Wildman–Crippen LogP) is 1.20. The molecule has 0 atom stereocenters. The van der Waals surface area contributed by atoms with Crippen LogP contribution in [0.1, 0.15) is 36.9 Å². The normalized spacial score (nSPS) is 10.0. The van der Waals surface area contributed by atoms with Gasteiger partial charge in [0.15, 0.2) is 5.69 Å². The second kappa shape index (κ2) is 6.69. The van der Waals surface area contributed by atoms with Crippen molar-refractivity contribution in [2.24, 2.45) is 0 Å². The van der Waals surface area contributed by atoms with Gasteiger partial charge in [-0.2, -0.15) is 0 Å². The molecular formula is C14H13N3O6. The molecule has 1 heterocycles. The first kappa shape index (κ1) is 16.1. The van der Waals surface area contributed by atoms with Gasteiger partial charge in [-0.05, 0) is 30.3 Å². The molecule has 1 aromatic carbocycles. The summed E-state index contributed by atoms with van der Waals surface area (Å²) in [5.41, 5.74) is 0.552. The number of nitrogens with zero attached hydrogens (tertiary/aromatic N) is 2. The van der Waals surface area contributed by atoms with E-state index in [4.69, 9.17) is 0 Å². The highest BCUT2D eigenvalue weighted by Crippen LogP contribution is 2.20. The number of aryl methyl sites for hydroxylation is 1. The van der Waals surface area contributed by atoms with Gasteiger partial charge in [0, 0.05) is 0 Å². The van der Waals surface area contributed by atoms with Crippen molar-refractivity contribution >= 4 is 23.5 Å². The third-order valence-corrected chi connectivity index (χ3v) is 2.96. The van der Waals surface area contributed by atoms with Gasteiger partial charge in [-0.1, -0.05) is 5.16 Å². The van der Waals surface area contributed by atoms with Crippen LogP contribution in [0.2, 0.25) is 0 Å². The zero-order valence-electron chi connectivity index (χ0n) is 12.6. The predicted molar refractivity (Wildman–Crippen MR) is 76.1 cm³/mol. The maximum atomic E-state index is 12.2. The Morgan fingerprint density at radius 2 is 1.78 bits per heavy atom. The van der Waals surface area contributed by atoms with Crippen LogP contribution in [0.3, 0.4) is 0 Å². The van der Waals surface area contributed by atoms with E-state index in [1.807, 2.05) is 0 Å². The van der Waals surface area contributed by atoms with Gasteiger partial charge in [-0.15, -0.1) is 0 Å². The number of esters is 2. The van der Waals surface area contributed by atoms with E-state index in [-0.39, 0.29) is 28.2 Å². The maximum absolute atomic E-state index is 12.2. The van der Waals surface area contributed by atoms with E-state index < -0.39 is 17.8 Å². The third-order valence-electron chi connectivity index (χ3n) is 2.96. The molecule has 2 rings (SSSR count). The van der Waals surface area contributed by atoms with Gasteiger partial charge in [-0.3, -0.25) is 4.79 Å². The number of benzene rings is 1. The minimum atomic E-state index is -0.674. The number of amides is 1. The molecule has 0 aliphatic rings. The average Bonchev–Trinajstić information content (AvgIpc) is 2.99. The Bertz CT molecular complexity index is 768. The fourth-order valence-corrected chi connectivity index (χ4v) is 1.80. The van der Waals surface area contributed by atoms with Crippen molar-refractivity contribution in [2.45, 2.75) is 6.92 Å². The highest BCUT2D eigenvalue weighted by Gasteiger charge is 2.20. The second-order valence-corrected chi connectivity index (χ2v) is 4.40. The molecule has 120 valence electrons. The van der Waals surface area contributed by atoms with E-state index in [0.29, 0.717) is 0 Å². The van der Waals surface area contributed by atoms with E-state index in [1.54, 1.807) is 0 Å². The van der Waals surface area contributed by atoms with Crippen LogP contribution < -0.4 is 5.32 Å². The molecule has 0 saturated carbocycles. The van der Waals surface area contributed by atoms with Crippen LogP contribution in [0.15, 0.2) is 22.8 Å². The van der Waals surface area contributed by atoms with E-state index >= 15 is 0 Å². The minimum Gasteiger partial charge on any atom is -0.465 e. The molecule has 1 aromatic heterocycles. The lowest BCUT2D eigenvalue weighted by Crippen LogP contribution is -2.17. The van der Waals surface area contributed by atoms with Crippen molar-refractivity contribution in [2.75, 3.05) is 19.5 Å². The molecule has 0 unspecified atom stereocenters. The number of hydrogen-bond acceptors (Lipinski definition) is 8. The number of nitrogens with one attached hydrogen (secondary N) is 1. The number of aromatic nitrogens is 2. The highest BCUT2D eigenvalue weighted by molar-refractivity contribution is 6.08. The molecule has 1 N–H and O–H groups in total. The molecule has 0 aliphatic carbocycles. The largest absolute Gasteiger partial charge is 0.465 e. The zero-order valence-corrected chi connectivity index (χ0v) is 12.6. The SMILES string of the molecule is COC(=O)c1ccc(C(=O)OC)c(NC(=O)c2nonc2C)c1. The van der Waals surface area contributed by atoms with Crippen LogP contribution in [-0.2, 0) is 9.47 Å². The van der Waals surface area contributed by atoms with Gasteiger partial charge in [0.25, 0.3) is 5.91 Å². The smallest absolute Gasteiger partial charge is 0.339 e. The highest BCUT2D eigenvalue weighted by atomic mass is 16.6. The summed E-state index contributed by atoms with van der Waals surface area (Å²) in [6, 6.07) is 4.04. The molecule has 0 saturated heterocycles. The van der Waals surface area contributed by atoms with E-state index in [2.05, 4.69) is 29.7 Å². The van der Waals surface area contributed by atoms with Gasteiger partial charge in [0.05, 0.1) is 31.0 Å². The first-order valence-electron chi connectivity index (χ1n) is 6.39. The Kier molecular flexibility index (Phi) is 4.69. The molecule has 0 spiro atoms. The van der Waals surface area contributed by atoms with E-state index in [1.165, 1.54) is 39.3 Å². The fourth-order valence-electron chi connectivity index (χ4n) is 1.80. The Hall–Kier alpha value is -3.23. The maximum Gasteiger partial charge on any atom is 0.339 e. The monoisotopic (exact) mass is 319 g/mol. The lowest BCUT2D eigenvalue weighted by atomic mass is 10.1. The number of methoxy groups -OCH3 is 2. The summed E-state index contributed by atoms with van der Waals surface area (Å²) in [6.45, 7) is 1.54. The molecule has 9 heteroatoms. The quantitative estimate of drug-likeness (QED) is 0.835. The first-order valence-corrected chi connectivity index (χ1v) is 6.39. The topological polar surface area (TPSA) is 121 Å². The number of rotatable bonds is 4. The van der Waals surface area contributed by atoms with Crippen molar-refractivity contribution < 1.29 is 28.5 Å². The van der Waals surface area contributed by atoms with Crippen molar-refractivity contribution in [3.63, 3.8) is 0 Å². The summed E-state index contributed by atoms with van der Waals surface area (Å²) < 4.78 is 13.7. The number of anilines is 1. The minimum absolute atomic E-state index is 0.0377. The van der Waals surface area contributed by atoms with Gasteiger partial charge in [0.1, 0.15) is 5.69 Å². The second-order valence-electron chi connectivity index (χ2n) is 4.40. The van der Waals surface area contributed by atoms with Crippen LogP contribution in [0.25, 0.3) is 0 Å². The lowest BCUT2D eigenvalue weighted by Gasteiger charge is -2.10. The molecule has 2 aromatic rings. The summed E-state index contributed by atoms with van der Waals surface area (Å²) in [5.74, 6) is -1.93. The Morgan fingerprint density at radius 1 is 1.09 bits per heavy atom. The molecular weight excluding hydrogens is 306 g/mol. The number of ether oxygens (including phenoxy) is 2. The Morgan fingerprint density at radius 3 is 2.35 bits per heavy atom. The van der Waals surface area contributed by atoms with Gasteiger partial charge in [0.2, 0.25) is 0 Å². The molecule has 0 bridgehead atoms. The van der Waals surface area contributed by atoms with Gasteiger partial charge in [-0.25, -0.2) is 14.2 Å². The Balaban J connectivity index is 2.41. The van der Waals surface area contributed by atoms with Crippen LogP contribution in [0, 0.1) is 6.92 Å². The summed E-state index contributed by atoms with van der Waals surface area (Å²) in [5, 5.41) is 9.45. The summed E-state index contributed by atoms with van der Waals surface area (Å²) in [6.07, 6.45) is 0. The molecule has 1 amide bonds. The van der Waals surface area contributed by atoms with Crippen molar-refractivity contribution in [3.05, 3.63) is 40.7 Å². The van der Waals surface area contributed by atoms with Gasteiger partial charge >= 0.3 is 11.9 Å². The number of hydrogen-bond donors (Lipinski definition) is 1. The van der Waals surface area contributed by atoms with Crippen LogP contribution in [0.5, 0.6) is 0 Å². The molecule has 23 heavy (non-hydrogen) atoms. The van der Waals surface area contributed by atoms with Crippen molar-refractivity contribution in [1.29, 1.82) is 0 Å². The molecule has 0 fully saturated rings. The van der Waals surface area contributed by atoms with Crippen molar-refractivity contribution in [1.82, 2.24) is 10.3 Å². The number of carbonyl (C=O) groups excluding carboxylic acids is 3. The summed E-state index contributed by atoms with van der Waals surface area (Å²) in [4.78, 5) is 35.5. The van der Waals surface area contributed by atoms with Crippen LogP contribution >= 0.6 is 0 Å². The Labute approximate surface area is 130 Å². The number of carbonyl (C=O) groups is 3. The molecule has 9 nitrogen and oxygen atoms in total. The van der Waals surface area contributed by atoms with Crippen LogP contribution in [-0.4, -0.2) is 42.4 Å². The van der Waals surface area contributed by atoms with Crippen molar-refractivity contribution in [3.8, 4) is 0 Å². The first-order chi connectivity index (χ1) is 11.0. The standard InChI is InChI=1S/C14H13N3O6/c1-7-11(17-23-16-7)12(18)15-10-6-8(13(19)21-2)4-5-9(10)14(20)22-3/h4-6H,1-3H3,(H,15,18). The molecule has 0 aliphatic heterocycles. The fraction of sp³-hybridized carbons (Fsp3) is 0.214. The summed E-state index contributed by atoms with van der Waals surface area (Å²) >= 11 is 0. The zero-order chi connectivity index (χ0) is 17.0. The average molecular weight is 319 g/mol. The van der Waals surface area contributed by atoms with Gasteiger partial charge < -0.3 is 14.8 Å². The lowest BCUT2D eigenvalue weighted by molar-refractivity contribution is 0.0587. The van der Waals surface area contributed by atoms with E-state index in [0.717, 1.165) is 0 Å². The summed E-state index contributed by atoms with van der Waals surface area (Å²) in [7, 11) is 2.42.